The fourth-order valence-corrected chi connectivity index (χ4v) is 4.17. The fraction of sp³-hybridized carbons (Fsp3) is 0.381. The van der Waals surface area contributed by atoms with Crippen LogP contribution in [0.2, 0.25) is 0 Å². The van der Waals surface area contributed by atoms with Gasteiger partial charge in [0.25, 0.3) is 5.89 Å². The first-order valence-corrected chi connectivity index (χ1v) is 10.9. The van der Waals surface area contributed by atoms with Crippen molar-refractivity contribution in [3.05, 3.63) is 57.6 Å². The van der Waals surface area contributed by atoms with Gasteiger partial charge in [0.15, 0.2) is 11.6 Å². The number of thiophene rings is 1. The minimum Gasteiger partial charge on any atom is -0.494 e. The summed E-state index contributed by atoms with van der Waals surface area (Å²) in [6, 6.07) is 8.63. The summed E-state index contributed by atoms with van der Waals surface area (Å²) >= 11 is 1.43. The van der Waals surface area contributed by atoms with E-state index in [0.29, 0.717) is 32.7 Å². The maximum Gasteiger partial charge on any atom is 0.437 e. The summed E-state index contributed by atoms with van der Waals surface area (Å²) in [6.07, 6.45) is 0.181. The molecule has 1 fully saturated rings. The van der Waals surface area contributed by atoms with Gasteiger partial charge < -0.3 is 14.1 Å². The lowest BCUT2D eigenvalue weighted by molar-refractivity contribution is -0.133. The molecule has 1 amide bonds. The van der Waals surface area contributed by atoms with Crippen molar-refractivity contribution in [2.75, 3.05) is 33.3 Å². The third-order valence-electron chi connectivity index (χ3n) is 5.22. The number of rotatable bonds is 7. The second-order valence-electron chi connectivity index (χ2n) is 7.25. The molecule has 0 radical (unpaired) electrons. The molecule has 1 aliphatic heterocycles. The summed E-state index contributed by atoms with van der Waals surface area (Å²) in [5.74, 6) is -0.460. The van der Waals surface area contributed by atoms with Crippen molar-refractivity contribution in [3.63, 3.8) is 0 Å². The third-order valence-corrected chi connectivity index (χ3v) is 6.08. The summed E-state index contributed by atoms with van der Waals surface area (Å²) in [5.41, 5.74) is 0.866. The second kappa shape index (κ2) is 9.44. The predicted molar refractivity (Wildman–Crippen MR) is 114 cm³/mol. The van der Waals surface area contributed by atoms with E-state index in [1.165, 1.54) is 29.2 Å². The number of halogens is 1. The van der Waals surface area contributed by atoms with Crippen molar-refractivity contribution in [1.29, 1.82) is 0 Å². The molecule has 0 N–H and O–H groups in total. The fourth-order valence-electron chi connectivity index (χ4n) is 3.53. The highest BCUT2D eigenvalue weighted by molar-refractivity contribution is 7.13. The van der Waals surface area contributed by atoms with Crippen molar-refractivity contribution < 1.29 is 18.3 Å². The molecule has 164 valence electrons. The maximum absolute atomic E-state index is 13.9. The lowest BCUT2D eigenvalue weighted by atomic mass is 10.1. The van der Waals surface area contributed by atoms with Gasteiger partial charge in [0, 0.05) is 39.1 Å². The average Bonchev–Trinajstić information content (AvgIpc) is 3.42. The largest absolute Gasteiger partial charge is 0.494 e. The Morgan fingerprint density at radius 3 is 2.74 bits per heavy atom. The molecule has 1 saturated heterocycles. The highest BCUT2D eigenvalue weighted by Crippen LogP contribution is 2.21. The summed E-state index contributed by atoms with van der Waals surface area (Å²) in [7, 11) is 1.44. The molecule has 3 heterocycles. The monoisotopic (exact) mass is 446 g/mol. The number of hydrogen-bond acceptors (Lipinski definition) is 7. The molecule has 0 spiro atoms. The number of benzene rings is 1. The van der Waals surface area contributed by atoms with E-state index in [1.54, 1.807) is 11.0 Å². The predicted octanol–water partition coefficient (Wildman–Crippen LogP) is 2.45. The molecule has 0 bridgehead atoms. The number of hydrogen-bond donors (Lipinski definition) is 0. The molecule has 10 heteroatoms. The average molecular weight is 447 g/mol. The van der Waals surface area contributed by atoms with E-state index in [9.17, 15) is 14.0 Å². The standard InChI is InChI=1S/C21H23FN4O4S/c1-29-17-5-4-15(13-16(17)22)14-24-8-10-25(11-9-24)19(27)6-7-26-21(28)30-20(23-26)18-3-2-12-31-18/h2-5,12-13H,6-11,14H2,1H3. The van der Waals surface area contributed by atoms with Crippen LogP contribution in [0.15, 0.2) is 44.9 Å². The SMILES string of the molecule is COc1ccc(CN2CCN(C(=O)CCn3nc(-c4cccs4)oc3=O)CC2)cc1F. The highest BCUT2D eigenvalue weighted by Gasteiger charge is 2.22. The second-order valence-corrected chi connectivity index (χ2v) is 8.20. The van der Waals surface area contributed by atoms with Crippen LogP contribution >= 0.6 is 11.3 Å². The van der Waals surface area contributed by atoms with E-state index in [-0.39, 0.29) is 36.3 Å². The summed E-state index contributed by atoms with van der Waals surface area (Å²) in [6.45, 7) is 3.37. The maximum atomic E-state index is 13.9. The van der Waals surface area contributed by atoms with Crippen LogP contribution in [0.5, 0.6) is 5.75 Å². The van der Waals surface area contributed by atoms with Crippen LogP contribution in [0.1, 0.15) is 12.0 Å². The van der Waals surface area contributed by atoms with Crippen molar-refractivity contribution >= 4 is 17.2 Å². The van der Waals surface area contributed by atoms with Gasteiger partial charge in [0.2, 0.25) is 5.91 Å². The molecule has 0 saturated carbocycles. The summed E-state index contributed by atoms with van der Waals surface area (Å²) in [4.78, 5) is 29.3. The van der Waals surface area contributed by atoms with Crippen LogP contribution in [0.4, 0.5) is 4.39 Å². The Kier molecular flexibility index (Phi) is 6.47. The minimum atomic E-state index is -0.562. The van der Waals surface area contributed by atoms with Crippen LogP contribution in [0, 0.1) is 5.82 Å². The van der Waals surface area contributed by atoms with Crippen LogP contribution in [0.25, 0.3) is 10.8 Å². The van der Waals surface area contributed by atoms with Gasteiger partial charge in [-0.2, -0.15) is 4.68 Å². The zero-order chi connectivity index (χ0) is 21.8. The normalized spacial score (nSPS) is 14.7. The van der Waals surface area contributed by atoms with Crippen LogP contribution in [-0.4, -0.2) is 58.8 Å². The van der Waals surface area contributed by atoms with E-state index in [1.807, 2.05) is 23.6 Å². The Hall–Kier alpha value is -2.98. The number of methoxy groups -OCH3 is 1. The van der Waals surface area contributed by atoms with E-state index >= 15 is 0 Å². The highest BCUT2D eigenvalue weighted by atomic mass is 32.1. The minimum absolute atomic E-state index is 0.0253. The van der Waals surface area contributed by atoms with Gasteiger partial charge >= 0.3 is 5.76 Å². The number of carbonyl (C=O) groups is 1. The van der Waals surface area contributed by atoms with E-state index in [0.717, 1.165) is 10.4 Å². The molecule has 8 nitrogen and oxygen atoms in total. The van der Waals surface area contributed by atoms with Gasteiger partial charge in [-0.05, 0) is 29.1 Å². The molecule has 31 heavy (non-hydrogen) atoms. The molecule has 2 aromatic heterocycles. The first kappa shape index (κ1) is 21.3. The smallest absolute Gasteiger partial charge is 0.437 e. The van der Waals surface area contributed by atoms with Gasteiger partial charge in [-0.1, -0.05) is 12.1 Å². The third kappa shape index (κ3) is 5.02. The number of amides is 1. The van der Waals surface area contributed by atoms with Crippen LogP contribution in [0.3, 0.4) is 0 Å². The Balaban J connectivity index is 1.26. The molecule has 4 rings (SSSR count). The Labute approximate surface area is 182 Å². The lowest BCUT2D eigenvalue weighted by Gasteiger charge is -2.34. The van der Waals surface area contributed by atoms with E-state index < -0.39 is 5.76 Å². The molecular formula is C21H23FN4O4S. The zero-order valence-electron chi connectivity index (χ0n) is 17.1. The van der Waals surface area contributed by atoms with Crippen LogP contribution in [-0.2, 0) is 17.9 Å². The zero-order valence-corrected chi connectivity index (χ0v) is 17.9. The molecule has 0 unspecified atom stereocenters. The number of ether oxygens (including phenoxy) is 1. The molecule has 1 aromatic carbocycles. The Bertz CT molecular complexity index is 1090. The summed E-state index contributed by atoms with van der Waals surface area (Å²) < 4.78 is 25.2. The van der Waals surface area contributed by atoms with Gasteiger partial charge in [0.05, 0.1) is 18.5 Å². The molecule has 1 aliphatic rings. The number of aromatic nitrogens is 2. The topological polar surface area (TPSA) is 80.8 Å². The number of carbonyl (C=O) groups excluding carboxylic acids is 1. The van der Waals surface area contributed by atoms with Crippen molar-refractivity contribution in [3.8, 4) is 16.5 Å². The Morgan fingerprint density at radius 2 is 2.06 bits per heavy atom. The Morgan fingerprint density at radius 1 is 1.26 bits per heavy atom. The lowest BCUT2D eigenvalue weighted by Crippen LogP contribution is -2.48. The van der Waals surface area contributed by atoms with Crippen LogP contribution < -0.4 is 10.5 Å². The number of piperazine rings is 1. The first-order chi connectivity index (χ1) is 15.0. The molecule has 3 aromatic rings. The van der Waals surface area contributed by atoms with Gasteiger partial charge in [-0.15, -0.1) is 16.4 Å². The van der Waals surface area contributed by atoms with Gasteiger partial charge in [-0.3, -0.25) is 9.69 Å². The van der Waals surface area contributed by atoms with Gasteiger partial charge in [0.1, 0.15) is 0 Å². The van der Waals surface area contributed by atoms with Gasteiger partial charge in [-0.25, -0.2) is 9.18 Å². The van der Waals surface area contributed by atoms with Crippen molar-refractivity contribution in [2.45, 2.75) is 19.5 Å². The number of nitrogens with zero attached hydrogens (tertiary/aromatic N) is 4. The quantitative estimate of drug-likeness (QED) is 0.555. The van der Waals surface area contributed by atoms with E-state index in [4.69, 9.17) is 9.15 Å². The molecule has 0 aliphatic carbocycles. The molecular weight excluding hydrogens is 423 g/mol. The summed E-state index contributed by atoms with van der Waals surface area (Å²) in [5, 5.41) is 6.05. The van der Waals surface area contributed by atoms with Crippen molar-refractivity contribution in [1.82, 2.24) is 19.6 Å². The van der Waals surface area contributed by atoms with E-state index in [2.05, 4.69) is 10.00 Å². The van der Waals surface area contributed by atoms with Crippen molar-refractivity contribution in [2.24, 2.45) is 0 Å². The first-order valence-electron chi connectivity index (χ1n) is 9.98. The molecule has 0 atom stereocenters. The number of aryl methyl sites for hydroxylation is 1.